The number of hydrogen-bond acceptors (Lipinski definition) is 4. The van der Waals surface area contributed by atoms with Crippen LogP contribution >= 0.6 is 23.4 Å². The fourth-order valence-corrected chi connectivity index (χ4v) is 3.47. The van der Waals surface area contributed by atoms with Crippen molar-refractivity contribution in [1.82, 2.24) is 14.9 Å². The first-order valence-corrected chi connectivity index (χ1v) is 8.90. The second-order valence-electron chi connectivity index (χ2n) is 6.23. The van der Waals surface area contributed by atoms with Crippen LogP contribution in [0.2, 0.25) is 5.02 Å². The van der Waals surface area contributed by atoms with Gasteiger partial charge in [0.05, 0.1) is 5.70 Å². The Morgan fingerprint density at radius 3 is 2.83 bits per heavy atom. The summed E-state index contributed by atoms with van der Waals surface area (Å²) in [4.78, 5) is 0. The molecule has 0 fully saturated rings. The Balaban J connectivity index is 1.87. The average molecular weight is 351 g/mol. The average Bonchev–Trinajstić information content (AvgIpc) is 2.92. The lowest BCUT2D eigenvalue weighted by Gasteiger charge is -2.20. The number of aromatic nitrogens is 3. The molecule has 0 radical (unpaired) electrons. The van der Waals surface area contributed by atoms with Crippen molar-refractivity contribution in [3.63, 3.8) is 0 Å². The van der Waals surface area contributed by atoms with Crippen molar-refractivity contribution in [2.24, 2.45) is 5.92 Å². The maximum Gasteiger partial charge on any atom is 0.214 e. The Morgan fingerprint density at radius 2 is 2.13 bits per heavy atom. The first-order valence-electron chi connectivity index (χ1n) is 7.64. The van der Waals surface area contributed by atoms with Crippen LogP contribution in [0.1, 0.15) is 43.3 Å². The van der Waals surface area contributed by atoms with Crippen LogP contribution in [0.4, 0.5) is 0 Å². The van der Waals surface area contributed by atoms with Crippen molar-refractivity contribution < 1.29 is 5.73 Å². The van der Waals surface area contributed by atoms with Gasteiger partial charge in [0.1, 0.15) is 6.04 Å². The minimum absolute atomic E-state index is 0.107. The zero-order chi connectivity index (χ0) is 16.6. The van der Waals surface area contributed by atoms with Gasteiger partial charge in [-0.3, -0.25) is 5.43 Å². The first-order chi connectivity index (χ1) is 11.0. The molecule has 1 aliphatic heterocycles. The monoisotopic (exact) mass is 350 g/mol. The number of hydrogen-bond donors (Lipinski definition) is 2. The molecule has 3 rings (SSSR count). The smallest absolute Gasteiger partial charge is 0.214 e. The SMILES string of the molecule is Cc1cc(C2=CSc3nnc([C@@H]([NH3+])CC(C)C)n3N2)ccc1Cl. The first kappa shape index (κ1) is 16.4. The molecule has 122 valence electrons. The number of aryl methyl sites for hydroxylation is 1. The van der Waals surface area contributed by atoms with Gasteiger partial charge in [-0.1, -0.05) is 43.3 Å². The second-order valence-corrected chi connectivity index (χ2v) is 7.47. The molecule has 1 aromatic carbocycles. The molecule has 0 aliphatic carbocycles. The van der Waals surface area contributed by atoms with E-state index in [9.17, 15) is 0 Å². The van der Waals surface area contributed by atoms with E-state index < -0.39 is 0 Å². The van der Waals surface area contributed by atoms with Crippen molar-refractivity contribution >= 4 is 29.1 Å². The minimum Gasteiger partial charge on any atom is -0.349 e. The normalized spacial score (nSPS) is 15.1. The Morgan fingerprint density at radius 1 is 1.35 bits per heavy atom. The molecule has 1 atom stereocenters. The van der Waals surface area contributed by atoms with Gasteiger partial charge < -0.3 is 5.73 Å². The Labute approximate surface area is 145 Å². The van der Waals surface area contributed by atoms with Crippen LogP contribution in [0.5, 0.6) is 0 Å². The number of rotatable bonds is 4. The van der Waals surface area contributed by atoms with Crippen molar-refractivity contribution in [1.29, 1.82) is 0 Å². The van der Waals surface area contributed by atoms with Crippen LogP contribution in [0, 0.1) is 12.8 Å². The van der Waals surface area contributed by atoms with Gasteiger partial charge in [-0.25, -0.2) is 4.68 Å². The summed E-state index contributed by atoms with van der Waals surface area (Å²) >= 11 is 7.68. The summed E-state index contributed by atoms with van der Waals surface area (Å²) < 4.78 is 1.95. The van der Waals surface area contributed by atoms with Gasteiger partial charge in [-0.05, 0) is 30.5 Å². The lowest BCUT2D eigenvalue weighted by atomic mass is 10.0. The van der Waals surface area contributed by atoms with Crippen LogP contribution in [0.15, 0.2) is 28.8 Å². The molecule has 5 nitrogen and oxygen atoms in total. The van der Waals surface area contributed by atoms with Crippen LogP contribution in [-0.2, 0) is 0 Å². The molecule has 23 heavy (non-hydrogen) atoms. The molecular weight excluding hydrogens is 330 g/mol. The fraction of sp³-hybridized carbons (Fsp3) is 0.375. The molecule has 0 saturated carbocycles. The van der Waals surface area contributed by atoms with Gasteiger partial charge in [0.2, 0.25) is 11.0 Å². The quantitative estimate of drug-likeness (QED) is 0.888. The van der Waals surface area contributed by atoms with Crippen molar-refractivity contribution in [2.75, 3.05) is 5.43 Å². The van der Waals surface area contributed by atoms with Crippen molar-refractivity contribution in [2.45, 2.75) is 38.4 Å². The predicted octanol–water partition coefficient (Wildman–Crippen LogP) is 3.22. The summed E-state index contributed by atoms with van der Waals surface area (Å²) in [6.45, 7) is 6.39. The maximum atomic E-state index is 6.12. The number of halogens is 1. The van der Waals surface area contributed by atoms with Crippen molar-refractivity contribution in [3.05, 3.63) is 45.6 Å². The predicted molar refractivity (Wildman–Crippen MR) is 94.5 cm³/mol. The Kier molecular flexibility index (Phi) is 4.66. The highest BCUT2D eigenvalue weighted by molar-refractivity contribution is 8.02. The van der Waals surface area contributed by atoms with Crippen molar-refractivity contribution in [3.8, 4) is 0 Å². The van der Waals surface area contributed by atoms with Gasteiger partial charge >= 0.3 is 0 Å². The summed E-state index contributed by atoms with van der Waals surface area (Å²) in [6, 6.07) is 6.12. The zero-order valence-corrected chi connectivity index (χ0v) is 15.1. The molecule has 0 saturated heterocycles. The number of nitrogens with one attached hydrogen (secondary N) is 1. The van der Waals surface area contributed by atoms with Gasteiger partial charge in [-0.2, -0.15) is 0 Å². The van der Waals surface area contributed by atoms with E-state index in [1.165, 1.54) is 0 Å². The molecule has 0 bridgehead atoms. The summed E-state index contributed by atoms with van der Waals surface area (Å²) in [5, 5.41) is 12.2. The van der Waals surface area contributed by atoms with Crippen LogP contribution < -0.4 is 11.2 Å². The Bertz CT molecular complexity index is 753. The van der Waals surface area contributed by atoms with Crippen LogP contribution in [0.25, 0.3) is 5.70 Å². The minimum atomic E-state index is 0.107. The molecule has 1 aromatic heterocycles. The summed E-state index contributed by atoms with van der Waals surface area (Å²) in [5.74, 6) is 1.44. The van der Waals surface area contributed by atoms with Gasteiger partial charge in [0.25, 0.3) is 0 Å². The zero-order valence-electron chi connectivity index (χ0n) is 13.5. The van der Waals surface area contributed by atoms with E-state index in [-0.39, 0.29) is 6.04 Å². The van der Waals surface area contributed by atoms with E-state index in [0.29, 0.717) is 5.92 Å². The van der Waals surface area contributed by atoms with Crippen LogP contribution in [-0.4, -0.2) is 14.9 Å². The molecule has 1 aliphatic rings. The van der Waals surface area contributed by atoms with E-state index in [0.717, 1.165) is 39.2 Å². The fourth-order valence-electron chi connectivity index (χ4n) is 2.60. The van der Waals surface area contributed by atoms with E-state index in [2.05, 4.69) is 46.7 Å². The number of fused-ring (bicyclic) bond motifs is 1. The van der Waals surface area contributed by atoms with Gasteiger partial charge in [0, 0.05) is 22.4 Å². The largest absolute Gasteiger partial charge is 0.349 e. The Hall–Kier alpha value is -1.50. The summed E-state index contributed by atoms with van der Waals surface area (Å²) in [7, 11) is 0. The number of thioether (sulfide) groups is 1. The topological polar surface area (TPSA) is 70.4 Å². The summed E-state index contributed by atoms with van der Waals surface area (Å²) in [5.41, 5.74) is 10.8. The molecule has 2 aromatic rings. The summed E-state index contributed by atoms with van der Waals surface area (Å²) in [6.07, 6.45) is 0.976. The second kappa shape index (κ2) is 6.55. The van der Waals surface area contributed by atoms with Gasteiger partial charge in [0.15, 0.2) is 0 Å². The highest BCUT2D eigenvalue weighted by Crippen LogP contribution is 2.31. The molecule has 0 unspecified atom stereocenters. The van der Waals surface area contributed by atoms with E-state index in [1.54, 1.807) is 11.8 Å². The standard InChI is InChI=1S/C16H20ClN5S/c1-9(2)6-13(18)15-19-20-16-22(15)21-14(8-23-16)11-4-5-12(17)10(3)7-11/h4-5,7-9,13,21H,6,18H2,1-3H3/p+1/t13-/m0/s1. The molecule has 0 amide bonds. The number of benzene rings is 1. The third-order valence-corrected chi connectivity index (χ3v) is 5.02. The molecule has 0 spiro atoms. The number of quaternary nitrogens is 1. The maximum absolute atomic E-state index is 6.12. The third-order valence-electron chi connectivity index (χ3n) is 3.76. The molecular formula is C16H21ClN5S+. The van der Waals surface area contributed by atoms with E-state index in [4.69, 9.17) is 11.6 Å². The molecule has 7 heteroatoms. The highest BCUT2D eigenvalue weighted by atomic mass is 35.5. The van der Waals surface area contributed by atoms with E-state index >= 15 is 0 Å². The lowest BCUT2D eigenvalue weighted by molar-refractivity contribution is -0.432. The molecule has 2 heterocycles. The lowest BCUT2D eigenvalue weighted by Crippen LogP contribution is -2.55. The van der Waals surface area contributed by atoms with Crippen LogP contribution in [0.3, 0.4) is 0 Å². The molecule has 4 N–H and O–H groups in total. The third kappa shape index (κ3) is 3.39. The van der Waals surface area contributed by atoms with Gasteiger partial charge in [-0.15, -0.1) is 10.2 Å². The highest BCUT2D eigenvalue weighted by Gasteiger charge is 2.25. The van der Waals surface area contributed by atoms with E-state index in [1.807, 2.05) is 23.7 Å². The number of nitrogens with zero attached hydrogens (tertiary/aromatic N) is 3.